The van der Waals surface area contributed by atoms with Gasteiger partial charge in [-0.2, -0.15) is 0 Å². The maximum atomic E-state index is 5.72. The first-order chi connectivity index (χ1) is 7.68. The molecule has 16 heavy (non-hydrogen) atoms. The van der Waals surface area contributed by atoms with E-state index in [4.69, 9.17) is 5.73 Å². The minimum atomic E-state index is 1.01. The lowest BCUT2D eigenvalue weighted by molar-refractivity contribution is 0.564. The first-order valence-corrected chi connectivity index (χ1v) is 7.10. The third-order valence-electron chi connectivity index (χ3n) is 3.33. The standard InChI is InChI=1S/C15H31N/c1-4-5-6-7-8-9-10-11-12-13-14(2)15(3)16/h4-13,16H2,1-3H3. The fourth-order valence-electron chi connectivity index (χ4n) is 1.90. The van der Waals surface area contributed by atoms with Gasteiger partial charge in [-0.25, -0.2) is 0 Å². The monoisotopic (exact) mass is 225 g/mol. The van der Waals surface area contributed by atoms with E-state index in [1.807, 2.05) is 6.92 Å². The highest BCUT2D eigenvalue weighted by Gasteiger charge is 1.95. The lowest BCUT2D eigenvalue weighted by Crippen LogP contribution is -1.95. The molecule has 0 heterocycles. The predicted octanol–water partition coefficient (Wildman–Crippen LogP) is 5.16. The zero-order chi connectivity index (χ0) is 12.2. The van der Waals surface area contributed by atoms with E-state index < -0.39 is 0 Å². The summed E-state index contributed by atoms with van der Waals surface area (Å²) in [5, 5.41) is 0. The highest BCUT2D eigenvalue weighted by atomic mass is 14.6. The largest absolute Gasteiger partial charge is 0.402 e. The molecular weight excluding hydrogens is 194 g/mol. The fraction of sp³-hybridized carbons (Fsp3) is 0.867. The smallest absolute Gasteiger partial charge is 0.00379 e. The lowest BCUT2D eigenvalue weighted by Gasteiger charge is -2.04. The third-order valence-corrected chi connectivity index (χ3v) is 3.33. The molecule has 0 aliphatic heterocycles. The van der Waals surface area contributed by atoms with Crippen molar-refractivity contribution >= 4 is 0 Å². The fourth-order valence-corrected chi connectivity index (χ4v) is 1.90. The van der Waals surface area contributed by atoms with Crippen LogP contribution in [0, 0.1) is 0 Å². The second-order valence-electron chi connectivity index (χ2n) is 5.04. The topological polar surface area (TPSA) is 26.0 Å². The molecule has 0 aliphatic rings. The average Bonchev–Trinajstić information content (AvgIpc) is 2.26. The number of hydrogen-bond acceptors (Lipinski definition) is 1. The lowest BCUT2D eigenvalue weighted by atomic mass is 10.0. The summed E-state index contributed by atoms with van der Waals surface area (Å²) in [6.45, 7) is 6.43. The summed E-state index contributed by atoms with van der Waals surface area (Å²) >= 11 is 0. The summed E-state index contributed by atoms with van der Waals surface area (Å²) in [5.74, 6) is 0. The molecule has 96 valence electrons. The Labute approximate surface area is 102 Å². The van der Waals surface area contributed by atoms with Gasteiger partial charge in [-0.05, 0) is 26.7 Å². The Morgan fingerprint density at radius 3 is 1.62 bits per heavy atom. The van der Waals surface area contributed by atoms with Crippen molar-refractivity contribution < 1.29 is 0 Å². The van der Waals surface area contributed by atoms with Crippen LogP contribution in [0.15, 0.2) is 11.3 Å². The molecular formula is C15H31N. The van der Waals surface area contributed by atoms with E-state index in [1.54, 1.807) is 0 Å². The molecule has 0 spiro atoms. The van der Waals surface area contributed by atoms with Gasteiger partial charge in [-0.15, -0.1) is 0 Å². The molecule has 0 radical (unpaired) electrons. The van der Waals surface area contributed by atoms with Gasteiger partial charge < -0.3 is 5.73 Å². The number of nitrogens with two attached hydrogens (primary N) is 1. The van der Waals surface area contributed by atoms with Crippen LogP contribution in [0.2, 0.25) is 0 Å². The van der Waals surface area contributed by atoms with Crippen LogP contribution in [0.4, 0.5) is 0 Å². The third kappa shape index (κ3) is 10.1. The first kappa shape index (κ1) is 15.5. The van der Waals surface area contributed by atoms with E-state index >= 15 is 0 Å². The second kappa shape index (κ2) is 11.0. The van der Waals surface area contributed by atoms with Gasteiger partial charge in [-0.3, -0.25) is 0 Å². The van der Waals surface area contributed by atoms with E-state index in [0.29, 0.717) is 0 Å². The van der Waals surface area contributed by atoms with Gasteiger partial charge in [0, 0.05) is 5.70 Å². The van der Waals surface area contributed by atoms with Crippen molar-refractivity contribution in [1.82, 2.24) is 0 Å². The summed E-state index contributed by atoms with van der Waals surface area (Å²) in [7, 11) is 0. The Hall–Kier alpha value is -0.460. The SMILES string of the molecule is CCCCCCCCCCCC(C)=C(C)N. The van der Waals surface area contributed by atoms with E-state index in [0.717, 1.165) is 5.70 Å². The second-order valence-corrected chi connectivity index (χ2v) is 5.04. The summed E-state index contributed by atoms with van der Waals surface area (Å²) < 4.78 is 0. The van der Waals surface area contributed by atoms with Gasteiger partial charge in [0.05, 0.1) is 0 Å². The quantitative estimate of drug-likeness (QED) is 0.511. The molecule has 0 aromatic rings. The molecule has 0 atom stereocenters. The van der Waals surface area contributed by atoms with Crippen LogP contribution in [-0.2, 0) is 0 Å². The van der Waals surface area contributed by atoms with E-state index in [9.17, 15) is 0 Å². The van der Waals surface area contributed by atoms with Gasteiger partial charge in [0.1, 0.15) is 0 Å². The molecule has 0 bridgehead atoms. The van der Waals surface area contributed by atoms with Crippen molar-refractivity contribution in [2.45, 2.75) is 85.0 Å². The molecule has 0 aliphatic carbocycles. The maximum absolute atomic E-state index is 5.72. The molecule has 0 aromatic carbocycles. The average molecular weight is 225 g/mol. The van der Waals surface area contributed by atoms with Gasteiger partial charge in [-0.1, -0.05) is 63.9 Å². The molecule has 0 amide bonds. The van der Waals surface area contributed by atoms with Crippen LogP contribution in [0.1, 0.15) is 85.0 Å². The summed E-state index contributed by atoms with van der Waals surface area (Å²) in [6.07, 6.45) is 13.8. The molecule has 1 heteroatoms. The highest BCUT2D eigenvalue weighted by Crippen LogP contribution is 2.13. The normalized spacial score (nSPS) is 12.7. The highest BCUT2D eigenvalue weighted by molar-refractivity contribution is 5.04. The molecule has 0 saturated heterocycles. The minimum Gasteiger partial charge on any atom is -0.402 e. The van der Waals surface area contributed by atoms with Crippen LogP contribution < -0.4 is 5.73 Å². The van der Waals surface area contributed by atoms with Crippen molar-refractivity contribution in [1.29, 1.82) is 0 Å². The van der Waals surface area contributed by atoms with E-state index in [-0.39, 0.29) is 0 Å². The van der Waals surface area contributed by atoms with Crippen LogP contribution in [0.25, 0.3) is 0 Å². The van der Waals surface area contributed by atoms with Gasteiger partial charge in [0.2, 0.25) is 0 Å². The van der Waals surface area contributed by atoms with E-state index in [1.165, 1.54) is 69.8 Å². The zero-order valence-corrected chi connectivity index (χ0v) is 11.6. The Bertz CT molecular complexity index is 178. The summed E-state index contributed by atoms with van der Waals surface area (Å²) in [6, 6.07) is 0. The van der Waals surface area contributed by atoms with Crippen molar-refractivity contribution in [3.8, 4) is 0 Å². The Kier molecular flexibility index (Phi) is 10.7. The number of rotatable bonds is 10. The Morgan fingerprint density at radius 1 is 0.750 bits per heavy atom. The number of hydrogen-bond donors (Lipinski definition) is 1. The van der Waals surface area contributed by atoms with Crippen LogP contribution in [-0.4, -0.2) is 0 Å². The van der Waals surface area contributed by atoms with Gasteiger partial charge in [0.15, 0.2) is 0 Å². The predicted molar refractivity (Wildman–Crippen MR) is 74.4 cm³/mol. The molecule has 0 unspecified atom stereocenters. The van der Waals surface area contributed by atoms with Gasteiger partial charge >= 0.3 is 0 Å². The van der Waals surface area contributed by atoms with Crippen LogP contribution in [0.3, 0.4) is 0 Å². The van der Waals surface area contributed by atoms with Crippen molar-refractivity contribution in [3.05, 3.63) is 11.3 Å². The molecule has 1 nitrogen and oxygen atoms in total. The van der Waals surface area contributed by atoms with Crippen molar-refractivity contribution in [2.75, 3.05) is 0 Å². The van der Waals surface area contributed by atoms with Crippen molar-refractivity contribution in [3.63, 3.8) is 0 Å². The molecule has 0 rings (SSSR count). The van der Waals surface area contributed by atoms with Gasteiger partial charge in [0.25, 0.3) is 0 Å². The van der Waals surface area contributed by atoms with Crippen LogP contribution >= 0.6 is 0 Å². The molecule has 0 fully saturated rings. The number of allylic oxidation sites excluding steroid dienone is 2. The zero-order valence-electron chi connectivity index (χ0n) is 11.6. The number of unbranched alkanes of at least 4 members (excludes halogenated alkanes) is 8. The minimum absolute atomic E-state index is 1.01. The summed E-state index contributed by atoms with van der Waals surface area (Å²) in [4.78, 5) is 0. The Morgan fingerprint density at radius 2 is 1.19 bits per heavy atom. The molecule has 2 N–H and O–H groups in total. The first-order valence-electron chi connectivity index (χ1n) is 7.10. The van der Waals surface area contributed by atoms with Crippen LogP contribution in [0.5, 0.6) is 0 Å². The van der Waals surface area contributed by atoms with E-state index in [2.05, 4.69) is 13.8 Å². The van der Waals surface area contributed by atoms with Crippen molar-refractivity contribution in [2.24, 2.45) is 5.73 Å². The maximum Gasteiger partial charge on any atom is 0.00379 e. The molecule has 0 aromatic heterocycles. The summed E-state index contributed by atoms with van der Waals surface area (Å²) in [5.41, 5.74) is 8.12. The molecule has 0 saturated carbocycles. The Balaban J connectivity index is 3.13.